The number of nitrogens with one attached hydrogen (secondary N) is 4. The Morgan fingerprint density at radius 3 is 1.97 bits per heavy atom. The van der Waals surface area contributed by atoms with Gasteiger partial charge in [0.15, 0.2) is 5.79 Å². The van der Waals surface area contributed by atoms with Crippen LogP contribution in [0.3, 0.4) is 0 Å². The molecule has 0 unspecified atom stereocenters. The number of aromatic nitrogens is 4. The van der Waals surface area contributed by atoms with Gasteiger partial charge in [-0.2, -0.15) is 0 Å². The van der Waals surface area contributed by atoms with E-state index in [4.69, 9.17) is 33.7 Å². The Labute approximate surface area is 392 Å². The Bertz CT molecular complexity index is 2780. The zero-order valence-corrected chi connectivity index (χ0v) is 37.9. The number of carbonyl (C=O) groups is 4. The monoisotopic (exact) mass is 922 g/mol. The molecular formula is C51H54N8O9. The number of ether oxygens (including phenoxy) is 5. The van der Waals surface area contributed by atoms with Crippen molar-refractivity contribution in [1.29, 1.82) is 0 Å². The number of carbonyl (C=O) groups excluding carboxylic acids is 4. The van der Waals surface area contributed by atoms with Gasteiger partial charge in [0.25, 0.3) is 5.91 Å². The maximum Gasteiger partial charge on any atom is 0.407 e. The van der Waals surface area contributed by atoms with E-state index < -0.39 is 36.1 Å². The summed E-state index contributed by atoms with van der Waals surface area (Å²) in [5, 5.41) is 7.69. The van der Waals surface area contributed by atoms with Gasteiger partial charge in [-0.15, -0.1) is 0 Å². The summed E-state index contributed by atoms with van der Waals surface area (Å²) in [5.41, 5.74) is 6.27. The first-order valence-corrected chi connectivity index (χ1v) is 23.1. The van der Waals surface area contributed by atoms with Crippen LogP contribution in [0, 0.1) is 5.92 Å². The number of alkyl carbamates (subject to hydrolysis) is 2. The summed E-state index contributed by atoms with van der Waals surface area (Å²) in [5.74, 6) is -0.165. The fourth-order valence-corrected chi connectivity index (χ4v) is 10.1. The second kappa shape index (κ2) is 19.3. The van der Waals surface area contributed by atoms with Crippen molar-refractivity contribution in [2.75, 3.05) is 53.7 Å². The van der Waals surface area contributed by atoms with Crippen molar-refractivity contribution in [2.45, 2.75) is 62.1 Å². The summed E-state index contributed by atoms with van der Waals surface area (Å²) >= 11 is 0. The molecule has 352 valence electrons. The minimum atomic E-state index is -0.999. The maximum atomic E-state index is 14.4. The van der Waals surface area contributed by atoms with Crippen LogP contribution in [-0.4, -0.2) is 119 Å². The third-order valence-electron chi connectivity index (χ3n) is 13.7. The Morgan fingerprint density at radius 2 is 1.28 bits per heavy atom. The molecule has 4 aliphatic rings. The molecule has 17 nitrogen and oxygen atoms in total. The topological polar surface area (TPSA) is 202 Å². The fraction of sp³-hybridized carbons (Fsp3) is 0.373. The predicted octanol–water partition coefficient (Wildman–Crippen LogP) is 7.22. The molecule has 68 heavy (non-hydrogen) atoms. The summed E-state index contributed by atoms with van der Waals surface area (Å²) in [6.45, 7) is 2.70. The average molecular weight is 923 g/mol. The fourth-order valence-electron chi connectivity index (χ4n) is 10.1. The van der Waals surface area contributed by atoms with Crippen molar-refractivity contribution in [3.05, 3.63) is 121 Å². The molecule has 6 heterocycles. The lowest BCUT2D eigenvalue weighted by molar-refractivity contribution is -0.153. The Balaban J connectivity index is 0.831. The van der Waals surface area contributed by atoms with Gasteiger partial charge in [0.1, 0.15) is 23.7 Å². The number of nitrogens with zero attached hydrogens (tertiary/aromatic N) is 4. The van der Waals surface area contributed by atoms with Crippen molar-refractivity contribution in [3.63, 3.8) is 0 Å². The van der Waals surface area contributed by atoms with Gasteiger partial charge in [-0.25, -0.2) is 19.6 Å². The van der Waals surface area contributed by atoms with Gasteiger partial charge < -0.3 is 54.1 Å². The second-order valence-electron chi connectivity index (χ2n) is 17.7. The molecule has 0 aliphatic carbocycles. The molecule has 4 saturated heterocycles. The predicted molar refractivity (Wildman–Crippen MR) is 250 cm³/mol. The lowest BCUT2D eigenvalue weighted by Crippen LogP contribution is -2.53. The number of amides is 4. The number of hydrogen-bond donors (Lipinski definition) is 4. The molecule has 0 saturated carbocycles. The molecule has 4 amide bonds. The van der Waals surface area contributed by atoms with Crippen LogP contribution in [0.4, 0.5) is 9.59 Å². The number of aromatic amines is 2. The zero-order valence-electron chi connectivity index (χ0n) is 37.9. The highest BCUT2D eigenvalue weighted by atomic mass is 16.7. The first-order valence-electron chi connectivity index (χ1n) is 23.1. The highest BCUT2D eigenvalue weighted by Gasteiger charge is 2.53. The van der Waals surface area contributed by atoms with Crippen LogP contribution in [0.2, 0.25) is 0 Å². The van der Waals surface area contributed by atoms with E-state index in [0.29, 0.717) is 63.6 Å². The third kappa shape index (κ3) is 9.03. The van der Waals surface area contributed by atoms with Gasteiger partial charge in [-0.1, -0.05) is 78.9 Å². The standard InChI is InChI=1S/C51H54N8O9/c1-64-49(62)56-43(33-7-4-3-5-8-33)48(61)59-30-51(67-23-24-68-51)27-42(59)46-53-28-39(54-46)32-12-10-31(11-13-32)35-14-15-37-26-38(17-16-36(37)25-35)40-29-52-45(55-40)41-9-6-20-58(41)47(60)44(57-50(63)65-2)34-18-21-66-22-19-34/h3-5,7-8,10-17,25-26,28-29,34,41-44H,6,9,18-24,27,30H2,1-2H3,(H,52,55)(H,53,54)(H,56,62)(H,57,63)/t41-,42-,43+,44-/m0/s1. The number of hydrogen-bond acceptors (Lipinski definition) is 11. The summed E-state index contributed by atoms with van der Waals surface area (Å²) in [6, 6.07) is 27.6. The molecule has 17 heteroatoms. The zero-order chi connectivity index (χ0) is 46.8. The van der Waals surface area contributed by atoms with Crippen LogP contribution in [0.1, 0.15) is 67.4 Å². The Kier molecular flexibility index (Phi) is 12.7. The van der Waals surface area contributed by atoms with Gasteiger partial charge in [0.2, 0.25) is 5.91 Å². The van der Waals surface area contributed by atoms with Crippen LogP contribution >= 0.6 is 0 Å². The summed E-state index contributed by atoms with van der Waals surface area (Å²) in [7, 11) is 2.57. The van der Waals surface area contributed by atoms with Crippen LogP contribution < -0.4 is 10.6 Å². The largest absolute Gasteiger partial charge is 0.453 e. The number of rotatable bonds is 11. The number of imidazole rings is 2. The van der Waals surface area contributed by atoms with Gasteiger partial charge >= 0.3 is 12.2 Å². The van der Waals surface area contributed by atoms with E-state index in [0.717, 1.165) is 63.1 Å². The van der Waals surface area contributed by atoms with E-state index in [1.807, 2.05) is 41.4 Å². The average Bonchev–Trinajstić information content (AvgIpc) is 4.26. The van der Waals surface area contributed by atoms with E-state index in [1.165, 1.54) is 14.2 Å². The molecule has 4 aliphatic heterocycles. The molecule has 10 rings (SSSR count). The van der Waals surface area contributed by atoms with E-state index in [2.05, 4.69) is 69.1 Å². The summed E-state index contributed by atoms with van der Waals surface area (Å²) < 4.78 is 27.5. The first-order chi connectivity index (χ1) is 33.2. The second-order valence-corrected chi connectivity index (χ2v) is 17.7. The van der Waals surface area contributed by atoms with Crippen LogP contribution in [0.15, 0.2) is 103 Å². The SMILES string of the molecule is COC(=O)N[C@H](C(=O)N1CCC[C@H]1c1ncc(-c2ccc3cc(-c4ccc(-c5cnc([C@@H]6CC7(CN6C(=O)[C@H](NC(=O)OC)c6ccccc6)OCCO7)[nH]5)cc4)ccc3c2)[nH]1)C1CCOCC1. The van der Waals surface area contributed by atoms with Crippen molar-refractivity contribution >= 4 is 34.8 Å². The maximum absolute atomic E-state index is 14.4. The Hall–Kier alpha value is -7.08. The van der Waals surface area contributed by atoms with Gasteiger partial charge in [-0.3, -0.25) is 9.59 Å². The molecule has 6 aromatic rings. The van der Waals surface area contributed by atoms with E-state index >= 15 is 0 Å². The molecule has 4 aromatic carbocycles. The quantitative estimate of drug-likeness (QED) is 0.102. The number of H-pyrrole nitrogens is 2. The lowest BCUT2D eigenvalue weighted by Gasteiger charge is -2.34. The van der Waals surface area contributed by atoms with Crippen molar-refractivity contribution in [3.8, 4) is 33.6 Å². The van der Waals surface area contributed by atoms with Gasteiger partial charge in [0.05, 0.1) is 69.8 Å². The highest BCUT2D eigenvalue weighted by molar-refractivity contribution is 5.91. The first kappa shape index (κ1) is 44.7. The molecule has 2 aromatic heterocycles. The third-order valence-corrected chi connectivity index (χ3v) is 13.7. The number of methoxy groups -OCH3 is 2. The molecule has 0 radical (unpaired) electrons. The van der Waals surface area contributed by atoms with E-state index in [9.17, 15) is 19.2 Å². The van der Waals surface area contributed by atoms with E-state index in [-0.39, 0.29) is 30.3 Å². The normalized spacial score (nSPS) is 20.1. The molecule has 1 spiro atoms. The van der Waals surface area contributed by atoms with Crippen LogP contribution in [0.25, 0.3) is 44.4 Å². The molecule has 0 bridgehead atoms. The molecule has 4 N–H and O–H groups in total. The minimum absolute atomic E-state index is 0.0375. The van der Waals surface area contributed by atoms with Crippen molar-refractivity contribution in [1.82, 2.24) is 40.4 Å². The highest BCUT2D eigenvalue weighted by Crippen LogP contribution is 2.44. The smallest absolute Gasteiger partial charge is 0.407 e. The van der Waals surface area contributed by atoms with Gasteiger partial charge in [0, 0.05) is 31.7 Å². The summed E-state index contributed by atoms with van der Waals surface area (Å²) in [4.78, 5) is 73.2. The number of benzene rings is 4. The van der Waals surface area contributed by atoms with Crippen molar-refractivity contribution < 1.29 is 42.9 Å². The summed E-state index contributed by atoms with van der Waals surface area (Å²) in [6.07, 6.45) is 5.60. The lowest BCUT2D eigenvalue weighted by atomic mass is 9.90. The number of fused-ring (bicyclic) bond motifs is 1. The van der Waals surface area contributed by atoms with Gasteiger partial charge in [-0.05, 0) is 76.8 Å². The molecule has 4 fully saturated rings. The van der Waals surface area contributed by atoms with Crippen LogP contribution in [-0.2, 0) is 33.3 Å². The van der Waals surface area contributed by atoms with Crippen molar-refractivity contribution in [2.24, 2.45) is 5.92 Å². The molecular weight excluding hydrogens is 869 g/mol. The van der Waals surface area contributed by atoms with Crippen LogP contribution in [0.5, 0.6) is 0 Å². The molecule has 4 atom stereocenters. The Morgan fingerprint density at radius 1 is 0.676 bits per heavy atom. The minimum Gasteiger partial charge on any atom is -0.453 e. The number of likely N-dealkylation sites (tertiary alicyclic amines) is 2. The van der Waals surface area contributed by atoms with E-state index in [1.54, 1.807) is 23.2 Å².